The summed E-state index contributed by atoms with van der Waals surface area (Å²) in [5.41, 5.74) is 3.47. The molecule has 0 radical (unpaired) electrons. The number of aliphatic hydroxyl groups is 3. The monoisotopic (exact) mass is 611 g/mol. The van der Waals surface area contributed by atoms with Crippen molar-refractivity contribution in [1.82, 2.24) is 5.32 Å². The SMILES string of the molecule is CC(C)O.CC(C)O.O=C1C=Cc2ccccc2/C1=C/N[C@H](c1ccccc1)C(O)(c1ccccc1)c1ccccc1.[Ti]. The van der Waals surface area contributed by atoms with Crippen molar-refractivity contribution >= 4 is 17.4 Å². The van der Waals surface area contributed by atoms with Gasteiger partial charge in [-0.25, -0.2) is 0 Å². The van der Waals surface area contributed by atoms with Crippen LogP contribution in [0.25, 0.3) is 11.6 Å². The first-order chi connectivity index (χ1) is 20.1. The Labute approximate surface area is 270 Å². The molecule has 0 bridgehead atoms. The first-order valence-electron chi connectivity index (χ1n) is 14.2. The molecular weight excluding hydrogens is 570 g/mol. The van der Waals surface area contributed by atoms with Crippen LogP contribution < -0.4 is 5.32 Å². The quantitative estimate of drug-likeness (QED) is 0.145. The number of hydrogen-bond acceptors (Lipinski definition) is 5. The number of rotatable bonds is 6. The van der Waals surface area contributed by atoms with Crippen molar-refractivity contribution in [2.24, 2.45) is 0 Å². The van der Waals surface area contributed by atoms with E-state index in [4.69, 9.17) is 10.2 Å². The number of nitrogens with one attached hydrogen (secondary N) is 1. The van der Waals surface area contributed by atoms with Crippen molar-refractivity contribution in [2.75, 3.05) is 0 Å². The van der Waals surface area contributed by atoms with Gasteiger partial charge in [-0.1, -0.05) is 121 Å². The van der Waals surface area contributed by atoms with Gasteiger partial charge in [-0.15, -0.1) is 0 Å². The fourth-order valence-electron chi connectivity index (χ4n) is 4.58. The van der Waals surface area contributed by atoms with Crippen molar-refractivity contribution in [1.29, 1.82) is 0 Å². The van der Waals surface area contributed by atoms with Crippen molar-refractivity contribution in [2.45, 2.75) is 51.5 Å². The molecule has 0 aromatic heterocycles. The summed E-state index contributed by atoms with van der Waals surface area (Å²) in [5, 5.41) is 32.0. The van der Waals surface area contributed by atoms with Gasteiger partial charge in [-0.05, 0) is 61.6 Å². The second-order valence-corrected chi connectivity index (χ2v) is 10.5. The van der Waals surface area contributed by atoms with Crippen molar-refractivity contribution in [3.05, 3.63) is 155 Å². The number of ketones is 1. The van der Waals surface area contributed by atoms with Gasteiger partial charge in [0.25, 0.3) is 0 Å². The van der Waals surface area contributed by atoms with E-state index >= 15 is 0 Å². The molecule has 4 aromatic carbocycles. The molecule has 0 saturated carbocycles. The van der Waals surface area contributed by atoms with Crippen LogP contribution in [0.3, 0.4) is 0 Å². The number of carbonyl (C=O) groups is 1. The molecule has 0 amide bonds. The first kappa shape index (κ1) is 35.6. The standard InChI is InChI=1S/C31H25NO2.2C3H8O.Ti/c33-29-21-20-23-12-10-11-19-27(23)28(29)22-32-30(24-13-4-1-5-14-24)31(34,25-15-6-2-7-16-25)26-17-8-3-9-18-26;2*1-3(2)4;/h1-22,30,32,34H;2*3-4H,1-2H3;/b28-22-;;;/t30-;;;/m1.../s1. The molecule has 0 heterocycles. The fourth-order valence-corrected chi connectivity index (χ4v) is 4.58. The molecule has 1 aliphatic rings. The van der Waals surface area contributed by atoms with Gasteiger partial charge in [-0.3, -0.25) is 4.79 Å². The summed E-state index contributed by atoms with van der Waals surface area (Å²) >= 11 is 0. The number of benzene rings is 4. The number of carbonyl (C=O) groups excluding carboxylic acids is 1. The van der Waals surface area contributed by atoms with E-state index < -0.39 is 11.6 Å². The van der Waals surface area contributed by atoms with E-state index in [2.05, 4.69) is 5.32 Å². The normalized spacial score (nSPS) is 13.6. The van der Waals surface area contributed by atoms with Crippen LogP contribution in [0.2, 0.25) is 0 Å². The van der Waals surface area contributed by atoms with Gasteiger partial charge in [0.15, 0.2) is 5.78 Å². The molecular formula is C37H41NO4Ti. The summed E-state index contributed by atoms with van der Waals surface area (Å²) in [6.45, 7) is 6.89. The number of aliphatic hydroxyl groups excluding tert-OH is 2. The molecule has 43 heavy (non-hydrogen) atoms. The Balaban J connectivity index is 0.000000642. The van der Waals surface area contributed by atoms with Gasteiger partial charge in [0.1, 0.15) is 5.60 Å². The predicted octanol–water partition coefficient (Wildman–Crippen LogP) is 6.66. The average Bonchev–Trinajstić information content (AvgIpc) is 2.99. The molecule has 4 N–H and O–H groups in total. The fraction of sp³-hybridized carbons (Fsp3) is 0.216. The third-order valence-corrected chi connectivity index (χ3v) is 6.30. The van der Waals surface area contributed by atoms with Crippen molar-refractivity contribution < 1.29 is 41.8 Å². The molecule has 0 aliphatic heterocycles. The van der Waals surface area contributed by atoms with Crippen molar-refractivity contribution in [3.8, 4) is 0 Å². The van der Waals surface area contributed by atoms with Crippen LogP contribution in [-0.4, -0.2) is 33.3 Å². The topological polar surface area (TPSA) is 89.8 Å². The van der Waals surface area contributed by atoms with Gasteiger partial charge < -0.3 is 20.6 Å². The maximum atomic E-state index is 12.8. The molecule has 0 fully saturated rings. The van der Waals surface area contributed by atoms with E-state index in [1.165, 1.54) is 0 Å². The smallest absolute Gasteiger partial charge is 0.187 e. The largest absolute Gasteiger partial charge is 0.394 e. The van der Waals surface area contributed by atoms with Crippen molar-refractivity contribution in [3.63, 3.8) is 0 Å². The summed E-state index contributed by atoms with van der Waals surface area (Å²) in [7, 11) is 0. The molecule has 4 aromatic rings. The molecule has 1 atom stereocenters. The minimum Gasteiger partial charge on any atom is -0.394 e. The Bertz CT molecular complexity index is 1400. The molecule has 1 aliphatic carbocycles. The molecule has 5 rings (SSSR count). The summed E-state index contributed by atoms with van der Waals surface area (Å²) in [4.78, 5) is 12.8. The zero-order chi connectivity index (χ0) is 30.5. The summed E-state index contributed by atoms with van der Waals surface area (Å²) < 4.78 is 0. The maximum absolute atomic E-state index is 12.8. The Hall–Kier alpha value is -3.58. The zero-order valence-corrected chi connectivity index (χ0v) is 26.7. The Morgan fingerprint density at radius 2 is 1.07 bits per heavy atom. The van der Waals surface area contributed by atoms with E-state index in [1.54, 1.807) is 40.0 Å². The third-order valence-electron chi connectivity index (χ3n) is 6.30. The number of fused-ring (bicyclic) bond motifs is 1. The Morgan fingerprint density at radius 1 is 0.651 bits per heavy atom. The minimum absolute atomic E-state index is 0. The van der Waals surface area contributed by atoms with Crippen LogP contribution in [0, 0.1) is 0 Å². The summed E-state index contributed by atoms with van der Waals surface area (Å²) in [6.07, 6.45) is 4.85. The van der Waals surface area contributed by atoms with Crippen LogP contribution in [0.1, 0.15) is 61.6 Å². The van der Waals surface area contributed by atoms with Gasteiger partial charge >= 0.3 is 0 Å². The molecule has 0 unspecified atom stereocenters. The third kappa shape index (κ3) is 9.99. The van der Waals surface area contributed by atoms with Gasteiger partial charge in [0.2, 0.25) is 0 Å². The van der Waals surface area contributed by atoms with Gasteiger partial charge in [0.05, 0.1) is 6.04 Å². The van der Waals surface area contributed by atoms with E-state index in [0.717, 1.165) is 27.8 Å². The van der Waals surface area contributed by atoms with E-state index in [0.29, 0.717) is 5.57 Å². The molecule has 0 saturated heterocycles. The zero-order valence-electron chi connectivity index (χ0n) is 25.2. The van der Waals surface area contributed by atoms with E-state index in [-0.39, 0.29) is 39.7 Å². The first-order valence-corrected chi connectivity index (χ1v) is 14.2. The molecule has 6 heteroatoms. The van der Waals surface area contributed by atoms with Gasteiger partial charge in [0, 0.05) is 45.7 Å². The molecule has 0 spiro atoms. The van der Waals surface area contributed by atoms with Crippen LogP contribution >= 0.6 is 0 Å². The predicted molar refractivity (Wildman–Crippen MR) is 171 cm³/mol. The Kier molecular flexibility index (Phi) is 14.5. The molecule has 5 nitrogen and oxygen atoms in total. The number of hydrogen-bond donors (Lipinski definition) is 4. The maximum Gasteiger partial charge on any atom is 0.187 e. The Morgan fingerprint density at radius 3 is 1.56 bits per heavy atom. The summed E-state index contributed by atoms with van der Waals surface area (Å²) in [6, 6.07) is 36.4. The summed E-state index contributed by atoms with van der Waals surface area (Å²) in [5.74, 6) is -0.0685. The minimum atomic E-state index is -1.39. The number of allylic oxidation sites excluding steroid dienone is 2. The van der Waals surface area contributed by atoms with Crippen LogP contribution in [0.4, 0.5) is 0 Å². The van der Waals surface area contributed by atoms with Crippen LogP contribution in [-0.2, 0) is 32.1 Å². The molecule has 222 valence electrons. The van der Waals surface area contributed by atoms with E-state index in [1.807, 2.05) is 121 Å². The average molecular weight is 612 g/mol. The van der Waals surface area contributed by atoms with Gasteiger partial charge in [-0.2, -0.15) is 0 Å². The second-order valence-electron chi connectivity index (χ2n) is 10.5. The van der Waals surface area contributed by atoms with E-state index in [9.17, 15) is 9.90 Å². The second kappa shape index (κ2) is 17.5. The van der Waals surface area contributed by atoms with Crippen LogP contribution in [0.5, 0.6) is 0 Å². The van der Waals surface area contributed by atoms with Crippen LogP contribution in [0.15, 0.2) is 128 Å².